The zero-order valence-electron chi connectivity index (χ0n) is 16.9. The van der Waals surface area contributed by atoms with E-state index in [4.69, 9.17) is 28.9 Å². The number of sulfonamides is 1. The highest BCUT2D eigenvalue weighted by Gasteiger charge is 2.31. The molecule has 0 aromatic heterocycles. The fraction of sp³-hybridized carbons (Fsp3) is 0.333. The fourth-order valence-electron chi connectivity index (χ4n) is 3.60. The maximum Gasteiger partial charge on any atom is 0.249 e. The van der Waals surface area contributed by atoms with Gasteiger partial charge in [0.05, 0.1) is 15.8 Å². The molecule has 0 saturated carbocycles. The van der Waals surface area contributed by atoms with E-state index in [9.17, 15) is 18.0 Å². The van der Waals surface area contributed by atoms with Gasteiger partial charge in [-0.1, -0.05) is 35.3 Å². The molecule has 0 radical (unpaired) electrons. The van der Waals surface area contributed by atoms with Crippen LogP contribution in [0.15, 0.2) is 36.4 Å². The third kappa shape index (κ3) is 5.57. The van der Waals surface area contributed by atoms with Crippen molar-refractivity contribution >= 4 is 50.7 Å². The number of hydrogen-bond donors (Lipinski definition) is 2. The summed E-state index contributed by atoms with van der Waals surface area (Å²) < 4.78 is 26.9. The second kappa shape index (κ2) is 9.56. The Labute approximate surface area is 191 Å². The standard InChI is InChI=1S/C21H23Cl2N3O4S/c1-13-16(20(24)27)3-2-4-19(13)25-21(28)15-7-9-26(10-8-15)31(29,30)12-14-5-6-17(22)18(23)11-14/h2-6,11,15H,7-10,12H2,1H3,(H2,24,27)(H,25,28). The van der Waals surface area contributed by atoms with E-state index >= 15 is 0 Å². The molecule has 7 nitrogen and oxygen atoms in total. The first-order chi connectivity index (χ1) is 14.6. The van der Waals surface area contributed by atoms with E-state index < -0.39 is 15.9 Å². The average Bonchev–Trinajstić information content (AvgIpc) is 2.72. The number of amides is 2. The quantitative estimate of drug-likeness (QED) is 0.653. The molecule has 0 bridgehead atoms. The van der Waals surface area contributed by atoms with Crippen LogP contribution in [-0.2, 0) is 20.6 Å². The molecule has 0 atom stereocenters. The van der Waals surface area contributed by atoms with Crippen molar-refractivity contribution in [3.8, 4) is 0 Å². The van der Waals surface area contributed by atoms with E-state index in [0.717, 1.165) is 0 Å². The minimum atomic E-state index is -3.55. The summed E-state index contributed by atoms with van der Waals surface area (Å²) in [7, 11) is -3.55. The Kier molecular flexibility index (Phi) is 7.26. The van der Waals surface area contributed by atoms with Crippen molar-refractivity contribution in [1.82, 2.24) is 4.31 Å². The van der Waals surface area contributed by atoms with Crippen LogP contribution >= 0.6 is 23.2 Å². The number of carbonyl (C=O) groups is 2. The Morgan fingerprint density at radius 1 is 1.13 bits per heavy atom. The molecular formula is C21H23Cl2N3O4S. The smallest absolute Gasteiger partial charge is 0.249 e. The zero-order valence-corrected chi connectivity index (χ0v) is 19.2. The Morgan fingerprint density at radius 2 is 1.81 bits per heavy atom. The van der Waals surface area contributed by atoms with Gasteiger partial charge in [0.2, 0.25) is 21.8 Å². The summed E-state index contributed by atoms with van der Waals surface area (Å²) in [5.41, 5.74) is 7.38. The van der Waals surface area contributed by atoms with E-state index in [2.05, 4.69) is 5.32 Å². The fourth-order valence-corrected chi connectivity index (χ4v) is 5.47. The summed E-state index contributed by atoms with van der Waals surface area (Å²) in [6, 6.07) is 9.71. The molecule has 2 aromatic rings. The van der Waals surface area contributed by atoms with Crippen LogP contribution in [-0.4, -0.2) is 37.6 Å². The number of nitrogens with one attached hydrogen (secondary N) is 1. The topological polar surface area (TPSA) is 110 Å². The van der Waals surface area contributed by atoms with Crippen molar-refractivity contribution in [3.05, 3.63) is 63.1 Å². The predicted octanol–water partition coefficient (Wildman–Crippen LogP) is 3.58. The highest BCUT2D eigenvalue weighted by molar-refractivity contribution is 7.88. The lowest BCUT2D eigenvalue weighted by atomic mass is 9.96. The lowest BCUT2D eigenvalue weighted by Crippen LogP contribution is -2.42. The van der Waals surface area contributed by atoms with Gasteiger partial charge in [-0.3, -0.25) is 9.59 Å². The number of carbonyl (C=O) groups excluding carboxylic acids is 2. The van der Waals surface area contributed by atoms with Gasteiger partial charge in [0.15, 0.2) is 0 Å². The predicted molar refractivity (Wildman–Crippen MR) is 122 cm³/mol. The molecule has 1 heterocycles. The number of anilines is 1. The number of piperidine rings is 1. The van der Waals surface area contributed by atoms with Crippen LogP contribution < -0.4 is 11.1 Å². The maximum atomic E-state index is 12.8. The van der Waals surface area contributed by atoms with Gasteiger partial charge < -0.3 is 11.1 Å². The molecule has 1 aliphatic heterocycles. The molecule has 3 rings (SSSR count). The first kappa shape index (κ1) is 23.5. The SMILES string of the molecule is Cc1c(NC(=O)C2CCN(S(=O)(=O)Cc3ccc(Cl)c(Cl)c3)CC2)cccc1C(N)=O. The molecule has 2 aromatic carbocycles. The van der Waals surface area contributed by atoms with Crippen LogP contribution in [0.1, 0.15) is 34.3 Å². The van der Waals surface area contributed by atoms with Crippen molar-refractivity contribution in [1.29, 1.82) is 0 Å². The van der Waals surface area contributed by atoms with Gasteiger partial charge >= 0.3 is 0 Å². The summed E-state index contributed by atoms with van der Waals surface area (Å²) in [5.74, 6) is -1.27. The second-order valence-corrected chi connectivity index (χ2v) is 10.3. The molecule has 2 amide bonds. The number of nitrogens with zero attached hydrogens (tertiary/aromatic N) is 1. The third-order valence-corrected chi connectivity index (χ3v) is 8.00. The van der Waals surface area contributed by atoms with Crippen molar-refractivity contribution < 1.29 is 18.0 Å². The molecule has 1 fully saturated rings. The highest BCUT2D eigenvalue weighted by Crippen LogP contribution is 2.27. The summed E-state index contributed by atoms with van der Waals surface area (Å²) in [6.45, 7) is 2.22. The number of rotatable bonds is 6. The number of benzene rings is 2. The van der Waals surface area contributed by atoms with Gasteiger partial charge in [-0.2, -0.15) is 0 Å². The van der Waals surface area contributed by atoms with Gasteiger partial charge in [0, 0.05) is 30.3 Å². The lowest BCUT2D eigenvalue weighted by Gasteiger charge is -2.30. The molecule has 0 aliphatic carbocycles. The number of primary amides is 1. The molecular weight excluding hydrogens is 461 g/mol. The zero-order chi connectivity index (χ0) is 22.8. The van der Waals surface area contributed by atoms with E-state index in [-0.39, 0.29) is 30.7 Å². The lowest BCUT2D eigenvalue weighted by molar-refractivity contribution is -0.120. The van der Waals surface area contributed by atoms with Crippen molar-refractivity contribution in [3.63, 3.8) is 0 Å². The molecule has 31 heavy (non-hydrogen) atoms. The Balaban J connectivity index is 1.61. The normalized spacial score (nSPS) is 15.6. The number of halogens is 2. The first-order valence-corrected chi connectivity index (χ1v) is 12.1. The number of hydrogen-bond acceptors (Lipinski definition) is 4. The third-order valence-electron chi connectivity index (χ3n) is 5.41. The van der Waals surface area contributed by atoms with Crippen LogP contribution in [0.5, 0.6) is 0 Å². The van der Waals surface area contributed by atoms with E-state index in [1.165, 1.54) is 4.31 Å². The van der Waals surface area contributed by atoms with Gasteiger partial charge in [0.25, 0.3) is 0 Å². The second-order valence-electron chi connectivity index (χ2n) is 7.51. The molecule has 166 valence electrons. The number of nitrogens with two attached hydrogens (primary N) is 1. The average molecular weight is 484 g/mol. The van der Waals surface area contributed by atoms with Crippen LogP contribution in [0.4, 0.5) is 5.69 Å². The summed E-state index contributed by atoms with van der Waals surface area (Å²) in [5, 5.41) is 3.51. The van der Waals surface area contributed by atoms with Gasteiger partial charge in [-0.15, -0.1) is 0 Å². The molecule has 1 saturated heterocycles. The monoisotopic (exact) mass is 483 g/mol. The van der Waals surface area contributed by atoms with Crippen LogP contribution in [0.2, 0.25) is 10.0 Å². The molecule has 0 unspecified atom stereocenters. The molecule has 3 N–H and O–H groups in total. The summed E-state index contributed by atoms with van der Waals surface area (Å²) >= 11 is 11.9. The largest absolute Gasteiger partial charge is 0.366 e. The van der Waals surface area contributed by atoms with E-state index in [1.807, 2.05) is 0 Å². The minimum absolute atomic E-state index is 0.181. The van der Waals surface area contributed by atoms with Crippen molar-refractivity contribution in [2.75, 3.05) is 18.4 Å². The van der Waals surface area contributed by atoms with Crippen LogP contribution in [0.25, 0.3) is 0 Å². The Bertz CT molecular complexity index is 1110. The molecule has 10 heteroatoms. The van der Waals surface area contributed by atoms with E-state index in [1.54, 1.807) is 43.3 Å². The Morgan fingerprint density at radius 3 is 2.42 bits per heavy atom. The van der Waals surface area contributed by atoms with Gasteiger partial charge in [-0.25, -0.2) is 12.7 Å². The van der Waals surface area contributed by atoms with Crippen LogP contribution in [0, 0.1) is 12.8 Å². The van der Waals surface area contributed by atoms with Gasteiger partial charge in [-0.05, 0) is 55.2 Å². The van der Waals surface area contributed by atoms with Crippen molar-refractivity contribution in [2.45, 2.75) is 25.5 Å². The summed E-state index contributed by atoms with van der Waals surface area (Å²) in [6.07, 6.45) is 0.808. The van der Waals surface area contributed by atoms with E-state index in [0.29, 0.717) is 45.3 Å². The van der Waals surface area contributed by atoms with Gasteiger partial charge in [0.1, 0.15) is 0 Å². The maximum absolute atomic E-state index is 12.8. The Hall–Kier alpha value is -2.13. The van der Waals surface area contributed by atoms with Crippen LogP contribution in [0.3, 0.4) is 0 Å². The highest BCUT2D eigenvalue weighted by atomic mass is 35.5. The minimum Gasteiger partial charge on any atom is -0.366 e. The molecule has 1 aliphatic rings. The van der Waals surface area contributed by atoms with Crippen molar-refractivity contribution in [2.24, 2.45) is 11.7 Å². The first-order valence-electron chi connectivity index (χ1n) is 9.70. The molecule has 0 spiro atoms. The summed E-state index contributed by atoms with van der Waals surface area (Å²) in [4.78, 5) is 24.2.